The predicted octanol–water partition coefficient (Wildman–Crippen LogP) is 3.21. The maximum absolute atomic E-state index is 13.3. The van der Waals surface area contributed by atoms with Crippen molar-refractivity contribution in [3.05, 3.63) is 89.7 Å². The number of hydrogen-bond donors (Lipinski definition) is 1. The van der Waals surface area contributed by atoms with Gasteiger partial charge in [0.05, 0.1) is 10.6 Å². The number of aryl methyl sites for hydroxylation is 2. The van der Waals surface area contributed by atoms with Gasteiger partial charge in [-0.2, -0.15) is 0 Å². The summed E-state index contributed by atoms with van der Waals surface area (Å²) in [6.45, 7) is 3.71. The lowest BCUT2D eigenvalue weighted by Gasteiger charge is -2.26. The number of sulfonamides is 1. The molecule has 0 radical (unpaired) electrons. The van der Waals surface area contributed by atoms with E-state index in [-0.39, 0.29) is 17.3 Å². The van der Waals surface area contributed by atoms with Crippen LogP contribution in [0.4, 0.5) is 5.69 Å². The first-order chi connectivity index (χ1) is 13.9. The summed E-state index contributed by atoms with van der Waals surface area (Å²) in [4.78, 5) is 16.7. The molecule has 1 N–H and O–H groups in total. The van der Waals surface area contributed by atoms with Gasteiger partial charge in [0.1, 0.15) is 6.54 Å². The standard InChI is InChI=1S/C22H23N3O3S/c1-17-8-9-18(2)21(14-17)25(29(27,28)20-6-4-3-5-7-20)16-22(26)24-15-19-10-12-23-13-11-19/h3-14H,15-16H2,1-2H3,(H,24,26). The molecule has 1 heterocycles. The number of carbonyl (C=O) groups excluding carboxylic acids is 1. The van der Waals surface area contributed by atoms with Crippen molar-refractivity contribution in [2.75, 3.05) is 10.8 Å². The zero-order valence-electron chi connectivity index (χ0n) is 16.4. The lowest BCUT2D eigenvalue weighted by molar-refractivity contribution is -0.119. The number of nitrogens with zero attached hydrogens (tertiary/aromatic N) is 2. The van der Waals surface area contributed by atoms with E-state index in [1.54, 1.807) is 48.8 Å². The van der Waals surface area contributed by atoms with E-state index < -0.39 is 10.0 Å². The van der Waals surface area contributed by atoms with Crippen LogP contribution in [0.15, 0.2) is 78.0 Å². The van der Waals surface area contributed by atoms with Crippen LogP contribution in [0.1, 0.15) is 16.7 Å². The summed E-state index contributed by atoms with van der Waals surface area (Å²) in [7, 11) is -3.91. The minimum atomic E-state index is -3.91. The Labute approximate surface area is 171 Å². The number of benzene rings is 2. The van der Waals surface area contributed by atoms with E-state index in [4.69, 9.17) is 0 Å². The summed E-state index contributed by atoms with van der Waals surface area (Å²) >= 11 is 0. The smallest absolute Gasteiger partial charge is 0.264 e. The highest BCUT2D eigenvalue weighted by molar-refractivity contribution is 7.92. The lowest BCUT2D eigenvalue weighted by Crippen LogP contribution is -2.41. The van der Waals surface area contributed by atoms with Crippen LogP contribution >= 0.6 is 0 Å². The number of pyridine rings is 1. The molecule has 3 aromatic rings. The second kappa shape index (κ2) is 8.87. The largest absolute Gasteiger partial charge is 0.350 e. The van der Waals surface area contributed by atoms with E-state index in [1.807, 2.05) is 26.0 Å². The van der Waals surface area contributed by atoms with Crippen molar-refractivity contribution < 1.29 is 13.2 Å². The molecule has 29 heavy (non-hydrogen) atoms. The van der Waals surface area contributed by atoms with Crippen molar-refractivity contribution >= 4 is 21.6 Å². The molecule has 0 aliphatic heterocycles. The predicted molar refractivity (Wildman–Crippen MR) is 113 cm³/mol. The maximum Gasteiger partial charge on any atom is 0.264 e. The van der Waals surface area contributed by atoms with Crippen LogP contribution in [0.5, 0.6) is 0 Å². The molecule has 0 aliphatic carbocycles. The van der Waals surface area contributed by atoms with E-state index in [0.717, 1.165) is 16.7 Å². The van der Waals surface area contributed by atoms with Gasteiger partial charge in [0.2, 0.25) is 5.91 Å². The summed E-state index contributed by atoms with van der Waals surface area (Å²) in [6.07, 6.45) is 3.29. The summed E-state index contributed by atoms with van der Waals surface area (Å²) < 4.78 is 27.9. The van der Waals surface area contributed by atoms with Crippen molar-refractivity contribution in [1.82, 2.24) is 10.3 Å². The Hall–Kier alpha value is -3.19. The molecule has 0 spiro atoms. The van der Waals surface area contributed by atoms with Crippen LogP contribution < -0.4 is 9.62 Å². The van der Waals surface area contributed by atoms with Crippen molar-refractivity contribution in [2.45, 2.75) is 25.3 Å². The van der Waals surface area contributed by atoms with Gasteiger partial charge in [-0.25, -0.2) is 8.42 Å². The van der Waals surface area contributed by atoms with E-state index in [0.29, 0.717) is 12.2 Å². The van der Waals surface area contributed by atoms with Crippen molar-refractivity contribution in [3.8, 4) is 0 Å². The fraction of sp³-hybridized carbons (Fsp3) is 0.182. The molecule has 0 saturated heterocycles. The number of aromatic nitrogens is 1. The molecule has 1 aromatic heterocycles. The SMILES string of the molecule is Cc1ccc(C)c(N(CC(=O)NCc2ccncc2)S(=O)(=O)c2ccccc2)c1. The van der Waals surface area contributed by atoms with Gasteiger partial charge in [0, 0.05) is 18.9 Å². The monoisotopic (exact) mass is 409 g/mol. The van der Waals surface area contributed by atoms with E-state index in [1.165, 1.54) is 16.4 Å². The highest BCUT2D eigenvalue weighted by Crippen LogP contribution is 2.27. The van der Waals surface area contributed by atoms with Crippen LogP contribution in [0.2, 0.25) is 0 Å². The normalized spacial score (nSPS) is 11.1. The number of amides is 1. The third-order valence-corrected chi connectivity index (χ3v) is 6.26. The molecule has 0 aliphatic rings. The molecule has 0 unspecified atom stereocenters. The van der Waals surface area contributed by atoms with Crippen molar-refractivity contribution in [1.29, 1.82) is 0 Å². The first kappa shape index (κ1) is 20.5. The number of hydrogen-bond acceptors (Lipinski definition) is 4. The highest BCUT2D eigenvalue weighted by atomic mass is 32.2. The van der Waals surface area contributed by atoms with Crippen LogP contribution in [0.25, 0.3) is 0 Å². The first-order valence-electron chi connectivity index (χ1n) is 9.18. The second-order valence-corrected chi connectivity index (χ2v) is 8.61. The Morgan fingerprint density at radius 2 is 1.69 bits per heavy atom. The molecule has 7 heteroatoms. The van der Waals surface area contributed by atoms with Gasteiger partial charge >= 0.3 is 0 Å². The number of rotatable bonds is 7. The minimum absolute atomic E-state index is 0.142. The van der Waals surface area contributed by atoms with Gasteiger partial charge in [-0.1, -0.05) is 30.3 Å². The van der Waals surface area contributed by atoms with Crippen molar-refractivity contribution in [2.24, 2.45) is 0 Å². The van der Waals surface area contributed by atoms with Gasteiger partial charge in [-0.15, -0.1) is 0 Å². The zero-order valence-corrected chi connectivity index (χ0v) is 17.2. The summed E-state index contributed by atoms with van der Waals surface area (Å²) in [5, 5.41) is 2.78. The van der Waals surface area contributed by atoms with Gasteiger partial charge in [-0.05, 0) is 60.9 Å². The van der Waals surface area contributed by atoms with Crippen LogP contribution in [0.3, 0.4) is 0 Å². The lowest BCUT2D eigenvalue weighted by atomic mass is 10.1. The second-order valence-electron chi connectivity index (χ2n) is 6.75. The van der Waals surface area contributed by atoms with E-state index in [9.17, 15) is 13.2 Å². The molecule has 1 amide bonds. The fourth-order valence-electron chi connectivity index (χ4n) is 2.90. The first-order valence-corrected chi connectivity index (χ1v) is 10.6. The Balaban J connectivity index is 1.91. The number of anilines is 1. The van der Waals surface area contributed by atoms with Crippen LogP contribution in [-0.2, 0) is 21.4 Å². The van der Waals surface area contributed by atoms with Gasteiger partial charge in [0.15, 0.2) is 0 Å². The molecule has 3 rings (SSSR count). The van der Waals surface area contributed by atoms with Gasteiger partial charge in [0.25, 0.3) is 10.0 Å². The third kappa shape index (κ3) is 5.00. The topological polar surface area (TPSA) is 79.4 Å². The fourth-order valence-corrected chi connectivity index (χ4v) is 4.39. The van der Waals surface area contributed by atoms with Crippen LogP contribution in [0, 0.1) is 13.8 Å². The molecule has 150 valence electrons. The maximum atomic E-state index is 13.3. The Bertz CT molecular complexity index is 1080. The van der Waals surface area contributed by atoms with Crippen molar-refractivity contribution in [3.63, 3.8) is 0 Å². The average Bonchev–Trinajstić information content (AvgIpc) is 2.73. The Kier molecular flexibility index (Phi) is 6.29. The van der Waals surface area contributed by atoms with E-state index >= 15 is 0 Å². The Morgan fingerprint density at radius 3 is 2.38 bits per heavy atom. The zero-order chi connectivity index (χ0) is 20.9. The molecule has 6 nitrogen and oxygen atoms in total. The molecule has 0 atom stereocenters. The molecule has 0 bridgehead atoms. The molecular weight excluding hydrogens is 386 g/mol. The summed E-state index contributed by atoms with van der Waals surface area (Å²) in [5.74, 6) is -0.387. The quantitative estimate of drug-likeness (QED) is 0.650. The molecule has 0 saturated carbocycles. The molecular formula is C22H23N3O3S. The van der Waals surface area contributed by atoms with Gasteiger partial charge in [-0.3, -0.25) is 14.1 Å². The molecule has 2 aromatic carbocycles. The Morgan fingerprint density at radius 1 is 1.00 bits per heavy atom. The third-order valence-electron chi connectivity index (χ3n) is 4.49. The summed E-state index contributed by atoms with van der Waals surface area (Å²) in [6, 6.07) is 17.3. The van der Waals surface area contributed by atoms with Crippen LogP contribution in [-0.4, -0.2) is 25.9 Å². The highest BCUT2D eigenvalue weighted by Gasteiger charge is 2.28. The minimum Gasteiger partial charge on any atom is -0.350 e. The number of nitrogens with one attached hydrogen (secondary N) is 1. The average molecular weight is 410 g/mol. The summed E-state index contributed by atoms with van der Waals surface area (Å²) in [5.41, 5.74) is 3.07. The van der Waals surface area contributed by atoms with Gasteiger partial charge < -0.3 is 5.32 Å². The van der Waals surface area contributed by atoms with E-state index in [2.05, 4.69) is 10.3 Å². The molecule has 0 fully saturated rings. The number of carbonyl (C=O) groups is 1.